The molecule has 2 aliphatic rings. The highest BCUT2D eigenvalue weighted by Gasteiger charge is 2.19. The van der Waals surface area contributed by atoms with Crippen LogP contribution in [0.4, 0.5) is 4.39 Å². The Morgan fingerprint density at radius 1 is 1.20 bits per heavy atom. The predicted molar refractivity (Wildman–Crippen MR) is 54.4 cm³/mol. The minimum atomic E-state index is -0.518. The number of carbonyl (C=O) groups is 1. The maximum absolute atomic E-state index is 13.5. The molecular weight excluding hydrogens is 195 g/mol. The summed E-state index contributed by atoms with van der Waals surface area (Å²) in [6, 6.07) is 9.81. The van der Waals surface area contributed by atoms with Crippen molar-refractivity contribution in [2.75, 3.05) is 7.11 Å². The Hall–Kier alpha value is -1.90. The molecular formula is C12H9FO2. The molecule has 0 bridgehead atoms. The van der Waals surface area contributed by atoms with E-state index in [1.807, 2.05) is 0 Å². The van der Waals surface area contributed by atoms with E-state index in [1.54, 1.807) is 30.3 Å². The maximum atomic E-state index is 13.5. The summed E-state index contributed by atoms with van der Waals surface area (Å²) in [5.41, 5.74) is 1.27. The van der Waals surface area contributed by atoms with Gasteiger partial charge in [-0.05, 0) is 11.6 Å². The summed E-state index contributed by atoms with van der Waals surface area (Å²) >= 11 is 0. The summed E-state index contributed by atoms with van der Waals surface area (Å²) < 4.78 is 18.0. The largest absolute Gasteiger partial charge is 0.465 e. The van der Waals surface area contributed by atoms with Gasteiger partial charge >= 0.3 is 5.97 Å². The van der Waals surface area contributed by atoms with Gasteiger partial charge in [-0.3, -0.25) is 0 Å². The van der Waals surface area contributed by atoms with Gasteiger partial charge in [0.1, 0.15) is 5.82 Å². The zero-order chi connectivity index (χ0) is 10.8. The molecule has 0 spiro atoms. The van der Waals surface area contributed by atoms with Crippen molar-refractivity contribution < 1.29 is 13.9 Å². The standard InChI is InChI=1S/C12H9FO2/c1-15-12(14)10-7-11(13)9-6-4-2-3-5-8(9)10/h2-7H,1H3. The molecule has 0 N–H and O–H groups in total. The molecule has 0 saturated heterocycles. The summed E-state index contributed by atoms with van der Waals surface area (Å²) in [6.45, 7) is 0. The van der Waals surface area contributed by atoms with Crippen LogP contribution >= 0.6 is 0 Å². The van der Waals surface area contributed by atoms with E-state index in [2.05, 4.69) is 4.74 Å². The zero-order valence-electron chi connectivity index (χ0n) is 8.16. The maximum Gasteiger partial charge on any atom is 0.338 e. The van der Waals surface area contributed by atoms with Gasteiger partial charge in [-0.2, -0.15) is 0 Å². The molecule has 0 aromatic carbocycles. The zero-order valence-corrected chi connectivity index (χ0v) is 8.16. The molecule has 0 fully saturated rings. The van der Waals surface area contributed by atoms with Gasteiger partial charge in [-0.25, -0.2) is 9.18 Å². The lowest BCUT2D eigenvalue weighted by Crippen LogP contribution is -1.99. The van der Waals surface area contributed by atoms with Crippen LogP contribution in [0.5, 0.6) is 0 Å². The van der Waals surface area contributed by atoms with Gasteiger partial charge < -0.3 is 4.74 Å². The quantitative estimate of drug-likeness (QED) is 0.667. The third-order valence-electron chi connectivity index (χ3n) is 2.26. The summed E-state index contributed by atoms with van der Waals surface area (Å²) in [4.78, 5) is 11.4. The molecule has 0 atom stereocenters. The van der Waals surface area contributed by atoms with Gasteiger partial charge in [-0.15, -0.1) is 0 Å². The summed E-state index contributed by atoms with van der Waals surface area (Å²) in [5, 5.41) is 0. The minimum absolute atomic E-state index is 0.265. The first-order chi connectivity index (χ1) is 7.24. The van der Waals surface area contributed by atoms with Gasteiger partial charge in [0.15, 0.2) is 0 Å². The van der Waals surface area contributed by atoms with E-state index in [9.17, 15) is 9.18 Å². The Bertz CT molecular complexity index is 479. The number of hydrogen-bond donors (Lipinski definition) is 0. The highest BCUT2D eigenvalue weighted by molar-refractivity contribution is 5.99. The third kappa shape index (κ3) is 1.56. The van der Waals surface area contributed by atoms with Crippen LogP contribution in [-0.2, 0) is 4.74 Å². The number of hydrogen-bond acceptors (Lipinski definition) is 2. The molecule has 3 heteroatoms. The molecule has 0 aromatic rings. The highest BCUT2D eigenvalue weighted by Crippen LogP contribution is 2.30. The number of rotatable bonds is 1. The van der Waals surface area contributed by atoms with E-state index in [4.69, 9.17) is 0 Å². The monoisotopic (exact) mass is 204 g/mol. The Morgan fingerprint density at radius 2 is 1.87 bits per heavy atom. The van der Waals surface area contributed by atoms with Gasteiger partial charge in [0, 0.05) is 5.56 Å². The van der Waals surface area contributed by atoms with Gasteiger partial charge in [0.25, 0.3) is 0 Å². The molecule has 76 valence electrons. The van der Waals surface area contributed by atoms with Crippen LogP contribution in [0.25, 0.3) is 11.1 Å². The molecule has 15 heavy (non-hydrogen) atoms. The van der Waals surface area contributed by atoms with Crippen molar-refractivity contribution in [1.29, 1.82) is 0 Å². The van der Waals surface area contributed by atoms with E-state index in [1.165, 1.54) is 13.2 Å². The molecule has 2 nitrogen and oxygen atoms in total. The molecule has 2 aliphatic carbocycles. The average molecular weight is 204 g/mol. The van der Waals surface area contributed by atoms with Gasteiger partial charge in [-0.1, -0.05) is 30.3 Å². The smallest absolute Gasteiger partial charge is 0.338 e. The molecule has 0 aliphatic heterocycles. The van der Waals surface area contributed by atoms with Crippen molar-refractivity contribution in [3.8, 4) is 11.1 Å². The number of halogens is 1. The normalized spacial score (nSPS) is 10.3. The van der Waals surface area contributed by atoms with Crippen LogP contribution in [0, 0.1) is 5.82 Å². The fraction of sp³-hybridized carbons (Fsp3) is 0.0833. The Balaban J connectivity index is 2.67. The van der Waals surface area contributed by atoms with Crippen molar-refractivity contribution in [1.82, 2.24) is 0 Å². The van der Waals surface area contributed by atoms with Crippen molar-refractivity contribution in [3.63, 3.8) is 0 Å². The Morgan fingerprint density at radius 3 is 2.53 bits per heavy atom. The molecule has 0 heterocycles. The fourth-order valence-electron chi connectivity index (χ4n) is 1.55. The first-order valence-corrected chi connectivity index (χ1v) is 4.49. The van der Waals surface area contributed by atoms with E-state index in [0.717, 1.165) is 0 Å². The number of methoxy groups -OCH3 is 1. The summed E-state index contributed by atoms with van der Waals surface area (Å²) in [6.07, 6.45) is 0. The lowest BCUT2D eigenvalue weighted by Gasteiger charge is -1.98. The van der Waals surface area contributed by atoms with E-state index in [-0.39, 0.29) is 5.56 Å². The lowest BCUT2D eigenvalue weighted by atomic mass is 10.1. The first-order valence-electron chi connectivity index (χ1n) is 4.49. The van der Waals surface area contributed by atoms with Gasteiger partial charge in [0.2, 0.25) is 0 Å². The van der Waals surface area contributed by atoms with Crippen LogP contribution < -0.4 is 0 Å². The van der Waals surface area contributed by atoms with Crippen LogP contribution in [0.2, 0.25) is 0 Å². The van der Waals surface area contributed by atoms with Crippen LogP contribution in [-0.4, -0.2) is 13.1 Å². The molecule has 0 aromatic heterocycles. The first kappa shape index (κ1) is 9.65. The second-order valence-electron chi connectivity index (χ2n) is 3.14. The van der Waals surface area contributed by atoms with Crippen molar-refractivity contribution in [2.45, 2.75) is 0 Å². The van der Waals surface area contributed by atoms with Crippen molar-refractivity contribution in [3.05, 3.63) is 47.8 Å². The summed E-state index contributed by atoms with van der Waals surface area (Å²) in [5.74, 6) is -0.920. The van der Waals surface area contributed by atoms with E-state index < -0.39 is 11.8 Å². The molecule has 2 rings (SSSR count). The van der Waals surface area contributed by atoms with Crippen LogP contribution in [0.1, 0.15) is 10.4 Å². The second kappa shape index (κ2) is 3.69. The third-order valence-corrected chi connectivity index (χ3v) is 2.26. The average Bonchev–Trinajstić information content (AvgIpc) is 2.45. The SMILES string of the molecule is COC(=O)c1cc(F)c2cccccc1-2. The minimum Gasteiger partial charge on any atom is -0.465 e. The molecule has 0 amide bonds. The van der Waals surface area contributed by atoms with Crippen molar-refractivity contribution >= 4 is 5.97 Å². The van der Waals surface area contributed by atoms with Crippen molar-refractivity contribution in [2.24, 2.45) is 0 Å². The molecule has 0 saturated carbocycles. The topological polar surface area (TPSA) is 26.3 Å². The van der Waals surface area contributed by atoms with E-state index >= 15 is 0 Å². The molecule has 0 unspecified atom stereocenters. The number of fused-ring (bicyclic) bond motifs is 1. The second-order valence-corrected chi connectivity index (χ2v) is 3.14. The Labute approximate surface area is 86.6 Å². The van der Waals surface area contributed by atoms with E-state index in [0.29, 0.717) is 11.1 Å². The number of carbonyl (C=O) groups excluding carboxylic acids is 1. The highest BCUT2D eigenvalue weighted by atomic mass is 19.1. The lowest BCUT2D eigenvalue weighted by molar-refractivity contribution is 0.0602. The molecule has 0 radical (unpaired) electrons. The number of esters is 1. The van der Waals surface area contributed by atoms with Crippen LogP contribution in [0.15, 0.2) is 36.4 Å². The Kier molecular flexibility index (Phi) is 2.37. The van der Waals surface area contributed by atoms with Crippen LogP contribution in [0.3, 0.4) is 0 Å². The van der Waals surface area contributed by atoms with Gasteiger partial charge in [0.05, 0.1) is 12.7 Å². The fourth-order valence-corrected chi connectivity index (χ4v) is 1.55. The number of ether oxygens (including phenoxy) is 1. The predicted octanol–water partition coefficient (Wildman–Crippen LogP) is 2.72. The summed E-state index contributed by atoms with van der Waals surface area (Å²) in [7, 11) is 1.28.